The number of hydrogen-bond acceptors (Lipinski definition) is 5. The van der Waals surface area contributed by atoms with E-state index in [4.69, 9.17) is 5.11 Å². The van der Waals surface area contributed by atoms with Crippen molar-refractivity contribution in [3.63, 3.8) is 0 Å². The average molecular weight is 280 g/mol. The fourth-order valence-electron chi connectivity index (χ4n) is 1.44. The van der Waals surface area contributed by atoms with E-state index >= 15 is 0 Å². The summed E-state index contributed by atoms with van der Waals surface area (Å²) < 4.78 is 0. The van der Waals surface area contributed by atoms with Crippen molar-refractivity contribution in [3.05, 3.63) is 29.3 Å². The van der Waals surface area contributed by atoms with Crippen LogP contribution in [0.2, 0.25) is 0 Å². The highest BCUT2D eigenvalue weighted by atomic mass is 32.1. The molecule has 0 spiro atoms. The minimum absolute atomic E-state index is 0.118. The SMILES string of the molecule is O=C(O)CCCc1csc(NC(=O)c2cnc[nH]2)n1. The number of nitrogens with one attached hydrogen (secondary N) is 2. The second kappa shape index (κ2) is 6.10. The zero-order valence-corrected chi connectivity index (χ0v) is 10.7. The number of aromatic nitrogens is 3. The van der Waals surface area contributed by atoms with Crippen LogP contribution in [0.5, 0.6) is 0 Å². The monoisotopic (exact) mass is 280 g/mol. The quantitative estimate of drug-likeness (QED) is 0.743. The van der Waals surface area contributed by atoms with Gasteiger partial charge in [0.2, 0.25) is 0 Å². The lowest BCUT2D eigenvalue weighted by Crippen LogP contribution is -2.12. The molecule has 100 valence electrons. The number of amides is 1. The second-order valence-corrected chi connectivity index (χ2v) is 4.67. The van der Waals surface area contributed by atoms with Gasteiger partial charge in [0.25, 0.3) is 5.91 Å². The number of anilines is 1. The average Bonchev–Trinajstić information content (AvgIpc) is 2.99. The number of nitrogens with zero attached hydrogens (tertiary/aromatic N) is 2. The summed E-state index contributed by atoms with van der Waals surface area (Å²) in [6.45, 7) is 0. The summed E-state index contributed by atoms with van der Waals surface area (Å²) in [6.07, 6.45) is 4.09. The van der Waals surface area contributed by atoms with Gasteiger partial charge in [0, 0.05) is 11.8 Å². The maximum Gasteiger partial charge on any atom is 0.303 e. The smallest absolute Gasteiger partial charge is 0.303 e. The molecule has 0 unspecified atom stereocenters. The minimum Gasteiger partial charge on any atom is -0.481 e. The molecule has 0 bridgehead atoms. The Bertz CT molecular complexity index is 564. The van der Waals surface area contributed by atoms with Gasteiger partial charge in [-0.05, 0) is 12.8 Å². The zero-order chi connectivity index (χ0) is 13.7. The summed E-state index contributed by atoms with van der Waals surface area (Å²) in [5.41, 5.74) is 1.15. The fraction of sp³-hybridized carbons (Fsp3) is 0.273. The zero-order valence-electron chi connectivity index (χ0n) is 9.92. The number of carbonyl (C=O) groups excluding carboxylic acids is 1. The molecule has 7 nitrogen and oxygen atoms in total. The van der Waals surface area contributed by atoms with Crippen LogP contribution in [0.25, 0.3) is 0 Å². The molecule has 2 aromatic heterocycles. The van der Waals surface area contributed by atoms with Crippen LogP contribution >= 0.6 is 11.3 Å². The number of carboxylic acids is 1. The van der Waals surface area contributed by atoms with Gasteiger partial charge in [0.05, 0.1) is 18.2 Å². The molecule has 2 heterocycles. The van der Waals surface area contributed by atoms with Crippen LogP contribution in [0.1, 0.15) is 29.0 Å². The Labute approximate surface area is 112 Å². The van der Waals surface area contributed by atoms with E-state index in [1.54, 1.807) is 0 Å². The highest BCUT2D eigenvalue weighted by molar-refractivity contribution is 7.13. The standard InChI is InChI=1S/C11H12N4O3S/c16-9(17)3-1-2-7-5-19-11(14-7)15-10(18)8-4-12-6-13-8/h4-6H,1-3H2,(H,12,13)(H,16,17)(H,14,15,18). The number of hydrogen-bond donors (Lipinski definition) is 3. The number of rotatable bonds is 6. The molecule has 2 aromatic rings. The molecule has 0 aliphatic heterocycles. The van der Waals surface area contributed by atoms with Crippen LogP contribution in [-0.4, -0.2) is 31.9 Å². The molecular formula is C11H12N4O3S. The van der Waals surface area contributed by atoms with E-state index in [1.807, 2.05) is 5.38 Å². The number of thiazole rings is 1. The van der Waals surface area contributed by atoms with Crippen LogP contribution < -0.4 is 5.32 Å². The van der Waals surface area contributed by atoms with Crippen molar-refractivity contribution in [2.75, 3.05) is 5.32 Å². The van der Waals surface area contributed by atoms with Crippen molar-refractivity contribution in [3.8, 4) is 0 Å². The predicted octanol–water partition coefficient (Wildman–Crippen LogP) is 1.53. The van der Waals surface area contributed by atoms with Crippen molar-refractivity contribution in [2.24, 2.45) is 0 Å². The minimum atomic E-state index is -0.817. The van der Waals surface area contributed by atoms with Crippen molar-refractivity contribution in [2.45, 2.75) is 19.3 Å². The first-order valence-electron chi connectivity index (χ1n) is 5.61. The third-order valence-corrected chi connectivity index (χ3v) is 3.15. The van der Waals surface area contributed by atoms with Gasteiger partial charge in [-0.25, -0.2) is 9.97 Å². The van der Waals surface area contributed by atoms with E-state index in [-0.39, 0.29) is 12.3 Å². The highest BCUT2D eigenvalue weighted by Crippen LogP contribution is 2.17. The molecule has 0 radical (unpaired) electrons. The van der Waals surface area contributed by atoms with Gasteiger partial charge in [-0.2, -0.15) is 0 Å². The number of H-pyrrole nitrogens is 1. The first-order valence-corrected chi connectivity index (χ1v) is 6.49. The molecular weight excluding hydrogens is 268 g/mol. The van der Waals surface area contributed by atoms with Crippen molar-refractivity contribution >= 4 is 28.3 Å². The van der Waals surface area contributed by atoms with Crippen molar-refractivity contribution < 1.29 is 14.7 Å². The molecule has 1 amide bonds. The third kappa shape index (κ3) is 3.88. The van der Waals surface area contributed by atoms with Gasteiger partial charge in [0.1, 0.15) is 5.69 Å². The lowest BCUT2D eigenvalue weighted by Gasteiger charge is -1.97. The molecule has 0 atom stereocenters. The summed E-state index contributed by atoms with van der Waals surface area (Å²) in [4.78, 5) is 32.8. The van der Waals surface area contributed by atoms with Gasteiger partial charge < -0.3 is 10.1 Å². The second-order valence-electron chi connectivity index (χ2n) is 3.81. The molecule has 0 aliphatic carbocycles. The van der Waals surface area contributed by atoms with Crippen LogP contribution in [0.3, 0.4) is 0 Å². The van der Waals surface area contributed by atoms with Crippen LogP contribution in [0.4, 0.5) is 5.13 Å². The summed E-state index contributed by atoms with van der Waals surface area (Å²) in [5, 5.41) is 13.5. The first-order chi connectivity index (χ1) is 9.15. The lowest BCUT2D eigenvalue weighted by atomic mass is 10.2. The van der Waals surface area contributed by atoms with E-state index in [1.165, 1.54) is 23.9 Å². The van der Waals surface area contributed by atoms with Crippen molar-refractivity contribution in [1.29, 1.82) is 0 Å². The van der Waals surface area contributed by atoms with Crippen LogP contribution in [-0.2, 0) is 11.2 Å². The van der Waals surface area contributed by atoms with E-state index in [0.717, 1.165) is 5.69 Å². The van der Waals surface area contributed by atoms with Gasteiger partial charge in [-0.3, -0.25) is 14.9 Å². The summed E-state index contributed by atoms with van der Waals surface area (Å²) in [5.74, 6) is -1.12. The predicted molar refractivity (Wildman–Crippen MR) is 69.2 cm³/mol. The highest BCUT2D eigenvalue weighted by Gasteiger charge is 2.10. The Morgan fingerprint density at radius 1 is 1.47 bits per heavy atom. The number of carboxylic acid groups (broad SMARTS) is 1. The maximum atomic E-state index is 11.7. The van der Waals surface area contributed by atoms with E-state index in [2.05, 4.69) is 20.3 Å². The Morgan fingerprint density at radius 3 is 3.00 bits per heavy atom. The Kier molecular flexibility index (Phi) is 4.24. The normalized spacial score (nSPS) is 10.3. The molecule has 0 aromatic carbocycles. The van der Waals surface area contributed by atoms with Gasteiger partial charge >= 0.3 is 5.97 Å². The van der Waals surface area contributed by atoms with E-state index < -0.39 is 5.97 Å². The van der Waals surface area contributed by atoms with E-state index in [9.17, 15) is 9.59 Å². The van der Waals surface area contributed by atoms with Crippen LogP contribution in [0, 0.1) is 0 Å². The lowest BCUT2D eigenvalue weighted by molar-refractivity contribution is -0.137. The Morgan fingerprint density at radius 2 is 2.32 bits per heavy atom. The topological polar surface area (TPSA) is 108 Å². The summed E-state index contributed by atoms with van der Waals surface area (Å²) in [6, 6.07) is 0. The molecule has 2 rings (SSSR count). The fourth-order valence-corrected chi connectivity index (χ4v) is 2.18. The Balaban J connectivity index is 1.87. The molecule has 19 heavy (non-hydrogen) atoms. The van der Waals surface area contributed by atoms with Crippen molar-refractivity contribution in [1.82, 2.24) is 15.0 Å². The first kappa shape index (κ1) is 13.2. The molecule has 3 N–H and O–H groups in total. The largest absolute Gasteiger partial charge is 0.481 e. The van der Waals surface area contributed by atoms with Gasteiger partial charge in [-0.1, -0.05) is 0 Å². The van der Waals surface area contributed by atoms with Gasteiger partial charge in [-0.15, -0.1) is 11.3 Å². The number of aliphatic carboxylic acids is 1. The summed E-state index contributed by atoms with van der Waals surface area (Å²) >= 11 is 1.31. The number of aryl methyl sites for hydroxylation is 1. The maximum absolute atomic E-state index is 11.7. The molecule has 0 saturated carbocycles. The van der Waals surface area contributed by atoms with Gasteiger partial charge in [0.15, 0.2) is 5.13 Å². The summed E-state index contributed by atoms with van der Waals surface area (Å²) in [7, 11) is 0. The number of imidazole rings is 1. The molecule has 0 saturated heterocycles. The van der Waals surface area contributed by atoms with Crippen LogP contribution in [0.15, 0.2) is 17.9 Å². The molecule has 0 aliphatic rings. The number of aromatic amines is 1. The molecule has 0 fully saturated rings. The molecule has 8 heteroatoms. The Hall–Kier alpha value is -2.22. The van der Waals surface area contributed by atoms with E-state index in [0.29, 0.717) is 23.7 Å². The number of carbonyl (C=O) groups is 2. The third-order valence-electron chi connectivity index (χ3n) is 2.34.